The third-order valence-electron chi connectivity index (χ3n) is 5.67. The van der Waals surface area contributed by atoms with Crippen molar-refractivity contribution in [1.29, 1.82) is 0 Å². The van der Waals surface area contributed by atoms with Crippen molar-refractivity contribution in [3.63, 3.8) is 0 Å². The van der Waals surface area contributed by atoms with Crippen LogP contribution in [0.3, 0.4) is 0 Å². The predicted octanol–water partition coefficient (Wildman–Crippen LogP) is 4.18. The first-order valence-electron chi connectivity index (χ1n) is 9.67. The van der Waals surface area contributed by atoms with Crippen LogP contribution >= 0.6 is 11.6 Å². The molecular weight excluding hydrogens is 440 g/mol. The van der Waals surface area contributed by atoms with E-state index in [9.17, 15) is 19.7 Å². The number of nitrogens with zero attached hydrogens (tertiary/aromatic N) is 1. The van der Waals surface area contributed by atoms with Gasteiger partial charge in [0.2, 0.25) is 17.2 Å². The van der Waals surface area contributed by atoms with Crippen LogP contribution < -0.4 is 19.5 Å². The first-order chi connectivity index (χ1) is 15.2. The van der Waals surface area contributed by atoms with E-state index in [4.69, 9.17) is 25.8 Å². The molecule has 0 saturated carbocycles. The lowest BCUT2D eigenvalue weighted by molar-refractivity contribution is -0.384. The van der Waals surface area contributed by atoms with Crippen LogP contribution in [-0.2, 0) is 4.79 Å². The van der Waals surface area contributed by atoms with E-state index >= 15 is 0 Å². The smallest absolute Gasteiger partial charge is 0.271 e. The quantitative estimate of drug-likeness (QED) is 0.402. The van der Waals surface area contributed by atoms with Gasteiger partial charge in [-0.1, -0.05) is 24.6 Å². The second-order valence-electron chi connectivity index (χ2n) is 7.54. The molecule has 32 heavy (non-hydrogen) atoms. The monoisotopic (exact) mass is 458 g/mol. The third-order valence-corrected chi connectivity index (χ3v) is 6.03. The van der Waals surface area contributed by atoms with Crippen molar-refractivity contribution in [1.82, 2.24) is 0 Å². The predicted molar refractivity (Wildman–Crippen MR) is 116 cm³/mol. The minimum absolute atomic E-state index is 0.0524. The number of Topliss-reactive ketones (excluding diaryl/α,β-unsaturated/α-hetero) is 1. The van der Waals surface area contributed by atoms with Crippen LogP contribution in [0.2, 0.25) is 5.02 Å². The molecule has 1 N–H and O–H groups in total. The van der Waals surface area contributed by atoms with E-state index in [1.165, 1.54) is 38.5 Å². The Kier molecular flexibility index (Phi) is 5.29. The Morgan fingerprint density at radius 2 is 1.94 bits per heavy atom. The lowest BCUT2D eigenvalue weighted by Gasteiger charge is -2.35. The summed E-state index contributed by atoms with van der Waals surface area (Å²) < 4.78 is 16.5. The van der Waals surface area contributed by atoms with Gasteiger partial charge in [0.05, 0.1) is 19.1 Å². The number of rotatable bonds is 5. The molecule has 0 aromatic heterocycles. The lowest BCUT2D eigenvalue weighted by atomic mass is 9.74. The second kappa shape index (κ2) is 7.83. The molecule has 0 radical (unpaired) electrons. The van der Waals surface area contributed by atoms with Crippen molar-refractivity contribution < 1.29 is 28.7 Å². The maximum atomic E-state index is 13.5. The average molecular weight is 459 g/mol. The zero-order chi connectivity index (χ0) is 23.2. The average Bonchev–Trinajstić information content (AvgIpc) is 3.08. The van der Waals surface area contributed by atoms with Gasteiger partial charge in [0.15, 0.2) is 5.75 Å². The maximum Gasteiger partial charge on any atom is 0.271 e. The number of ketones is 2. The van der Waals surface area contributed by atoms with Gasteiger partial charge in [-0.15, -0.1) is 0 Å². The lowest BCUT2D eigenvalue weighted by Crippen LogP contribution is -2.55. The number of ether oxygens (including phenoxy) is 3. The van der Waals surface area contributed by atoms with E-state index < -0.39 is 28.0 Å². The standard InChI is InChI=1S/C22H19ClN2O7/c1-11-7-13(24-12-5-4-6-14(8-12)25(28)29)9-17(26)22(11)21(27)18-15(30-2)10-16(31-3)19(23)20(18)32-22/h4-6,8-11,24H,7H2,1-3H3. The van der Waals surface area contributed by atoms with Gasteiger partial charge in [0.25, 0.3) is 5.69 Å². The molecule has 0 fully saturated rings. The van der Waals surface area contributed by atoms with E-state index in [0.29, 0.717) is 11.4 Å². The van der Waals surface area contributed by atoms with E-state index in [1.807, 2.05) is 0 Å². The SMILES string of the molecule is COc1cc(OC)c2c(c1Cl)OC1(C(=O)C=C(Nc3cccc([N+](=O)[O-])c3)CC1C)C2=O. The van der Waals surface area contributed by atoms with Gasteiger partial charge in [-0.2, -0.15) is 0 Å². The van der Waals surface area contributed by atoms with E-state index in [-0.39, 0.29) is 39.9 Å². The van der Waals surface area contributed by atoms with E-state index in [0.717, 1.165) is 0 Å². The van der Waals surface area contributed by atoms with Crippen LogP contribution in [0.1, 0.15) is 23.7 Å². The molecule has 2 unspecified atom stereocenters. The van der Waals surface area contributed by atoms with Crippen LogP contribution in [0.4, 0.5) is 11.4 Å². The van der Waals surface area contributed by atoms with Gasteiger partial charge in [-0.3, -0.25) is 19.7 Å². The Morgan fingerprint density at radius 1 is 1.22 bits per heavy atom. The highest BCUT2D eigenvalue weighted by atomic mass is 35.5. The topological polar surface area (TPSA) is 117 Å². The molecule has 1 aliphatic carbocycles. The second-order valence-corrected chi connectivity index (χ2v) is 7.92. The highest BCUT2D eigenvalue weighted by molar-refractivity contribution is 6.36. The van der Waals surface area contributed by atoms with Gasteiger partial charge in [0, 0.05) is 41.6 Å². The summed E-state index contributed by atoms with van der Waals surface area (Å²) in [5.74, 6) is -1.14. The number of fused-ring (bicyclic) bond motifs is 1. The van der Waals surface area contributed by atoms with Crippen molar-refractivity contribution in [3.05, 3.63) is 62.8 Å². The van der Waals surface area contributed by atoms with Gasteiger partial charge >= 0.3 is 0 Å². The minimum Gasteiger partial charge on any atom is -0.496 e. The summed E-state index contributed by atoms with van der Waals surface area (Å²) in [6, 6.07) is 7.40. The number of nitrogens with one attached hydrogen (secondary N) is 1. The normalized spacial score (nSPS) is 21.6. The molecule has 2 aliphatic rings. The number of hydrogen-bond donors (Lipinski definition) is 1. The Morgan fingerprint density at radius 3 is 2.56 bits per heavy atom. The van der Waals surface area contributed by atoms with Crippen LogP contribution in [0.15, 0.2) is 42.1 Å². The zero-order valence-corrected chi connectivity index (χ0v) is 18.2. The summed E-state index contributed by atoms with van der Waals surface area (Å²) in [7, 11) is 2.82. The molecule has 166 valence electrons. The molecule has 1 aliphatic heterocycles. The highest BCUT2D eigenvalue weighted by Gasteiger charge is 2.60. The largest absolute Gasteiger partial charge is 0.496 e. The van der Waals surface area contributed by atoms with Crippen molar-refractivity contribution in [3.8, 4) is 17.2 Å². The summed E-state index contributed by atoms with van der Waals surface area (Å²) in [5.41, 5.74) is -0.793. The highest BCUT2D eigenvalue weighted by Crippen LogP contribution is 2.53. The number of benzene rings is 2. The molecule has 2 atom stereocenters. The van der Waals surface area contributed by atoms with Crippen molar-refractivity contribution in [2.75, 3.05) is 19.5 Å². The molecule has 2 aromatic carbocycles. The summed E-state index contributed by atoms with van der Waals surface area (Å²) in [5, 5.41) is 14.1. The number of nitro groups is 1. The molecule has 9 nitrogen and oxygen atoms in total. The Bertz CT molecular complexity index is 1190. The number of allylic oxidation sites excluding steroid dienone is 1. The number of hydrogen-bond acceptors (Lipinski definition) is 8. The number of halogens is 1. The van der Waals surface area contributed by atoms with E-state index in [1.54, 1.807) is 19.1 Å². The Balaban J connectivity index is 1.70. The minimum atomic E-state index is -1.78. The fourth-order valence-corrected chi connectivity index (χ4v) is 4.36. The number of nitro benzene ring substituents is 1. The van der Waals surface area contributed by atoms with Crippen LogP contribution in [0.5, 0.6) is 17.2 Å². The van der Waals surface area contributed by atoms with Gasteiger partial charge in [-0.25, -0.2) is 0 Å². The molecule has 1 spiro atoms. The molecule has 2 aromatic rings. The summed E-state index contributed by atoms with van der Waals surface area (Å²) in [6.07, 6.45) is 1.57. The third kappa shape index (κ3) is 3.16. The van der Waals surface area contributed by atoms with Gasteiger partial charge in [0.1, 0.15) is 22.1 Å². The molecule has 1 heterocycles. The van der Waals surface area contributed by atoms with E-state index in [2.05, 4.69) is 5.32 Å². The first kappa shape index (κ1) is 21.6. The molecule has 0 bridgehead atoms. The Hall–Kier alpha value is -3.59. The van der Waals surface area contributed by atoms with Crippen molar-refractivity contribution >= 4 is 34.5 Å². The van der Waals surface area contributed by atoms with Crippen molar-refractivity contribution in [2.24, 2.45) is 5.92 Å². The number of non-ortho nitro benzene ring substituents is 1. The fraction of sp³-hybridized carbons (Fsp3) is 0.273. The number of carbonyl (C=O) groups excluding carboxylic acids is 2. The molecule has 0 amide bonds. The molecular formula is C22H19ClN2O7. The Labute approximate surface area is 188 Å². The zero-order valence-electron chi connectivity index (χ0n) is 17.4. The maximum absolute atomic E-state index is 13.5. The molecule has 4 rings (SSSR count). The molecule has 10 heteroatoms. The van der Waals surface area contributed by atoms with Crippen molar-refractivity contribution in [2.45, 2.75) is 18.9 Å². The van der Waals surface area contributed by atoms with Crippen LogP contribution in [0, 0.1) is 16.0 Å². The van der Waals surface area contributed by atoms with Gasteiger partial charge in [-0.05, 0) is 12.5 Å². The molecule has 0 saturated heterocycles. The van der Waals surface area contributed by atoms with Crippen LogP contribution in [-0.4, -0.2) is 36.3 Å². The number of anilines is 1. The number of methoxy groups -OCH3 is 2. The summed E-state index contributed by atoms with van der Waals surface area (Å²) in [4.78, 5) is 37.2. The fourth-order valence-electron chi connectivity index (χ4n) is 4.10. The first-order valence-corrected chi connectivity index (χ1v) is 10.1. The van der Waals surface area contributed by atoms with Gasteiger partial charge < -0.3 is 19.5 Å². The summed E-state index contributed by atoms with van der Waals surface area (Å²) >= 11 is 6.37. The van der Waals surface area contributed by atoms with Crippen LogP contribution in [0.25, 0.3) is 0 Å². The summed E-state index contributed by atoms with van der Waals surface area (Å²) in [6.45, 7) is 1.72. The number of carbonyl (C=O) groups is 2.